The van der Waals surface area contributed by atoms with Crippen LogP contribution in [0.2, 0.25) is 0 Å². The Morgan fingerprint density at radius 1 is 0.837 bits per heavy atom. The molecule has 4 amide bonds. The SMILES string of the molecule is COc1cc(/C=C(\NC(=O)c2ccccc2)C(=O)Nc2cccc(S[C@@H]3CC(=O)N(c4ccc(C(=O)O)cc4)C3=O)c2)cc(OC)c1OC. The summed E-state index contributed by atoms with van der Waals surface area (Å²) < 4.78 is 16.3. The second kappa shape index (κ2) is 15.2. The number of carboxylic acids is 1. The van der Waals surface area contributed by atoms with Crippen molar-refractivity contribution in [1.29, 1.82) is 0 Å². The summed E-state index contributed by atoms with van der Waals surface area (Å²) in [5.74, 6) is -2.05. The highest BCUT2D eigenvalue weighted by molar-refractivity contribution is 8.00. The molecule has 1 heterocycles. The lowest BCUT2D eigenvalue weighted by Crippen LogP contribution is -2.31. The number of benzene rings is 4. The van der Waals surface area contributed by atoms with Crippen molar-refractivity contribution >= 4 is 58.8 Å². The van der Waals surface area contributed by atoms with Crippen molar-refractivity contribution in [2.24, 2.45) is 0 Å². The van der Waals surface area contributed by atoms with E-state index in [-0.39, 0.29) is 23.4 Å². The number of hydrogen-bond donors (Lipinski definition) is 3. The van der Waals surface area contributed by atoms with Crippen molar-refractivity contribution in [2.75, 3.05) is 31.5 Å². The summed E-state index contributed by atoms with van der Waals surface area (Å²) in [4.78, 5) is 65.7. The van der Waals surface area contributed by atoms with Crippen LogP contribution in [0.15, 0.2) is 102 Å². The number of imide groups is 1. The highest BCUT2D eigenvalue weighted by atomic mass is 32.2. The second-order valence-corrected chi connectivity index (χ2v) is 11.8. The van der Waals surface area contributed by atoms with E-state index < -0.39 is 34.8 Å². The second-order valence-electron chi connectivity index (χ2n) is 10.5. The number of aromatic carboxylic acids is 1. The van der Waals surface area contributed by atoms with Gasteiger partial charge in [-0.15, -0.1) is 11.8 Å². The molecular weight excluding hydrogens is 650 g/mol. The molecule has 4 aromatic carbocycles. The largest absolute Gasteiger partial charge is 0.493 e. The van der Waals surface area contributed by atoms with Gasteiger partial charge in [0.1, 0.15) is 5.70 Å². The number of carboxylic acid groups (broad SMARTS) is 1. The Balaban J connectivity index is 1.37. The van der Waals surface area contributed by atoms with E-state index in [0.29, 0.717) is 39.0 Å². The van der Waals surface area contributed by atoms with E-state index in [1.54, 1.807) is 66.7 Å². The Morgan fingerprint density at radius 3 is 2.12 bits per heavy atom. The normalized spacial score (nSPS) is 14.3. The first-order valence-electron chi connectivity index (χ1n) is 14.8. The Labute approximate surface area is 285 Å². The molecule has 3 N–H and O–H groups in total. The first-order chi connectivity index (χ1) is 23.6. The lowest BCUT2D eigenvalue weighted by atomic mass is 10.1. The highest BCUT2D eigenvalue weighted by Gasteiger charge is 2.40. The maximum Gasteiger partial charge on any atom is 0.335 e. The number of carbonyl (C=O) groups is 5. The fraction of sp³-hybridized carbons (Fsp3) is 0.139. The minimum Gasteiger partial charge on any atom is -0.493 e. The molecule has 0 aliphatic carbocycles. The molecule has 1 atom stereocenters. The van der Waals surface area contributed by atoms with Crippen LogP contribution in [-0.4, -0.2) is 61.3 Å². The Bertz CT molecular complexity index is 1920. The zero-order valence-corrected chi connectivity index (χ0v) is 27.4. The van der Waals surface area contributed by atoms with E-state index in [1.165, 1.54) is 51.7 Å². The number of ether oxygens (including phenoxy) is 3. The molecule has 0 saturated carbocycles. The predicted octanol–water partition coefficient (Wildman–Crippen LogP) is 5.24. The van der Waals surface area contributed by atoms with Crippen LogP contribution in [0.5, 0.6) is 17.2 Å². The molecule has 1 saturated heterocycles. The molecule has 0 radical (unpaired) electrons. The average Bonchev–Trinajstić information content (AvgIpc) is 3.39. The summed E-state index contributed by atoms with van der Waals surface area (Å²) in [6, 6.07) is 23.9. The molecule has 0 spiro atoms. The quantitative estimate of drug-likeness (QED) is 0.133. The Hall–Kier alpha value is -6.08. The molecule has 12 nitrogen and oxygen atoms in total. The first kappa shape index (κ1) is 34.3. The van der Waals surface area contributed by atoms with Gasteiger partial charge in [0.2, 0.25) is 17.6 Å². The van der Waals surface area contributed by atoms with Crippen LogP contribution in [0.4, 0.5) is 11.4 Å². The van der Waals surface area contributed by atoms with Crippen LogP contribution < -0.4 is 29.7 Å². The molecule has 1 aliphatic heterocycles. The zero-order valence-electron chi connectivity index (χ0n) is 26.6. The summed E-state index contributed by atoms with van der Waals surface area (Å²) in [5, 5.41) is 13.9. The number of rotatable bonds is 12. The minimum atomic E-state index is -1.12. The summed E-state index contributed by atoms with van der Waals surface area (Å²) in [6.07, 6.45) is 1.41. The number of thioether (sulfide) groups is 1. The van der Waals surface area contributed by atoms with Crippen LogP contribution in [-0.2, 0) is 14.4 Å². The molecule has 1 aliphatic rings. The van der Waals surface area contributed by atoms with E-state index in [9.17, 15) is 24.0 Å². The van der Waals surface area contributed by atoms with Gasteiger partial charge in [0, 0.05) is 22.6 Å². The van der Waals surface area contributed by atoms with Gasteiger partial charge in [-0.3, -0.25) is 19.2 Å². The van der Waals surface area contributed by atoms with Gasteiger partial charge < -0.3 is 30.0 Å². The maximum atomic E-state index is 13.7. The van der Waals surface area contributed by atoms with Crippen LogP contribution in [0.3, 0.4) is 0 Å². The smallest absolute Gasteiger partial charge is 0.335 e. The summed E-state index contributed by atoms with van der Waals surface area (Å²) >= 11 is 1.16. The standard InChI is InChI=1S/C36H31N3O9S/c1-46-28-17-21(18-29(47-2)32(28)48-3)16-27(38-33(41)22-8-5-4-6-9-22)34(42)37-24-10-7-11-26(19-24)49-30-20-31(40)39(35(30)43)25-14-12-23(13-15-25)36(44)45/h4-19,30H,20H2,1-3H3,(H,37,42)(H,38,41)(H,44,45)/b27-16-/t30-/m1/s1. The van der Waals surface area contributed by atoms with Gasteiger partial charge in [0.25, 0.3) is 11.8 Å². The molecule has 1 fully saturated rings. The van der Waals surface area contributed by atoms with Gasteiger partial charge in [-0.2, -0.15) is 0 Å². The van der Waals surface area contributed by atoms with Crippen molar-refractivity contribution in [1.82, 2.24) is 5.32 Å². The summed E-state index contributed by atoms with van der Waals surface area (Å²) in [7, 11) is 4.40. The van der Waals surface area contributed by atoms with E-state index in [0.717, 1.165) is 16.7 Å². The molecular formula is C36H31N3O9S. The number of carbonyl (C=O) groups excluding carboxylic acids is 4. The molecule has 13 heteroatoms. The molecule has 250 valence electrons. The van der Waals surface area contributed by atoms with Gasteiger partial charge >= 0.3 is 5.97 Å². The number of nitrogens with one attached hydrogen (secondary N) is 2. The van der Waals surface area contributed by atoms with E-state index in [2.05, 4.69) is 10.6 Å². The molecule has 0 bridgehead atoms. The van der Waals surface area contributed by atoms with Gasteiger partial charge in [-0.25, -0.2) is 9.69 Å². The molecule has 49 heavy (non-hydrogen) atoms. The fourth-order valence-electron chi connectivity index (χ4n) is 5.02. The Kier molecular flexibility index (Phi) is 10.6. The van der Waals surface area contributed by atoms with Crippen molar-refractivity contribution in [3.8, 4) is 17.2 Å². The highest BCUT2D eigenvalue weighted by Crippen LogP contribution is 2.39. The lowest BCUT2D eigenvalue weighted by molar-refractivity contribution is -0.121. The van der Waals surface area contributed by atoms with Crippen molar-refractivity contribution in [2.45, 2.75) is 16.6 Å². The third-order valence-corrected chi connectivity index (χ3v) is 8.55. The van der Waals surface area contributed by atoms with Gasteiger partial charge in [0.05, 0.1) is 37.8 Å². The minimum absolute atomic E-state index is 0.0359. The van der Waals surface area contributed by atoms with Crippen LogP contribution in [0.25, 0.3) is 6.08 Å². The van der Waals surface area contributed by atoms with Crippen LogP contribution >= 0.6 is 11.8 Å². The summed E-state index contributed by atoms with van der Waals surface area (Å²) in [6.45, 7) is 0. The van der Waals surface area contributed by atoms with Gasteiger partial charge in [0.15, 0.2) is 11.5 Å². The number of anilines is 2. The Morgan fingerprint density at radius 2 is 1.51 bits per heavy atom. The van der Waals surface area contributed by atoms with E-state index in [1.807, 2.05) is 0 Å². The van der Waals surface area contributed by atoms with Gasteiger partial charge in [-0.1, -0.05) is 24.3 Å². The van der Waals surface area contributed by atoms with E-state index >= 15 is 0 Å². The van der Waals surface area contributed by atoms with Crippen molar-refractivity contribution < 1.29 is 43.3 Å². The topological polar surface area (TPSA) is 161 Å². The van der Waals surface area contributed by atoms with Gasteiger partial charge in [-0.05, 0) is 78.4 Å². The molecule has 0 unspecified atom stereocenters. The zero-order chi connectivity index (χ0) is 35.1. The first-order valence-corrected chi connectivity index (χ1v) is 15.7. The lowest BCUT2D eigenvalue weighted by Gasteiger charge is -2.16. The van der Waals surface area contributed by atoms with Crippen molar-refractivity contribution in [3.05, 3.63) is 113 Å². The monoisotopic (exact) mass is 681 g/mol. The number of nitrogens with zero attached hydrogens (tertiary/aromatic N) is 1. The number of methoxy groups -OCH3 is 3. The van der Waals surface area contributed by atoms with Crippen molar-refractivity contribution in [3.63, 3.8) is 0 Å². The fourth-order valence-corrected chi connectivity index (χ4v) is 6.14. The molecule has 4 aromatic rings. The van der Waals surface area contributed by atoms with E-state index in [4.69, 9.17) is 19.3 Å². The third kappa shape index (κ3) is 7.91. The molecule has 0 aromatic heterocycles. The predicted molar refractivity (Wildman–Crippen MR) is 183 cm³/mol. The molecule has 5 rings (SSSR count). The third-order valence-electron chi connectivity index (χ3n) is 7.37. The number of amides is 4. The maximum absolute atomic E-state index is 13.7. The number of hydrogen-bond acceptors (Lipinski definition) is 9. The average molecular weight is 682 g/mol. The van der Waals surface area contributed by atoms with Crippen LogP contribution in [0, 0.1) is 0 Å². The summed E-state index contributed by atoms with van der Waals surface area (Å²) in [5.41, 5.74) is 1.43. The van der Waals surface area contributed by atoms with Crippen LogP contribution in [0.1, 0.15) is 32.7 Å².